The molecular weight excluding hydrogens is 489 g/mol. The summed E-state index contributed by atoms with van der Waals surface area (Å²) in [5.74, 6) is 0. The van der Waals surface area contributed by atoms with Crippen LogP contribution in [0, 0.1) is 11.3 Å². The van der Waals surface area contributed by atoms with Gasteiger partial charge in [0.15, 0.2) is 0 Å². The van der Waals surface area contributed by atoms with E-state index in [4.69, 9.17) is 16.9 Å². The maximum atomic E-state index is 13.1. The van der Waals surface area contributed by atoms with E-state index >= 15 is 0 Å². The Morgan fingerprint density at radius 2 is 1.75 bits per heavy atom. The molecule has 0 aromatic heterocycles. The predicted octanol–water partition coefficient (Wildman–Crippen LogP) is 6.34. The molecule has 0 radical (unpaired) electrons. The quantitative estimate of drug-likeness (QED) is 0.373. The molecule has 0 aliphatic carbocycles. The molecule has 1 saturated heterocycles. The van der Waals surface area contributed by atoms with Crippen LogP contribution in [0.4, 0.5) is 23.7 Å². The van der Waals surface area contributed by atoms with Gasteiger partial charge in [-0.15, -0.1) is 0 Å². The lowest BCUT2D eigenvalue weighted by molar-refractivity contribution is -0.137. The number of hydrogen-bond donors (Lipinski definition) is 3. The minimum Gasteiger partial charge on any atom is -0.337 e. The van der Waals surface area contributed by atoms with Gasteiger partial charge in [0.2, 0.25) is 0 Å². The van der Waals surface area contributed by atoms with Crippen molar-refractivity contribution in [1.82, 2.24) is 10.6 Å². The number of anilines is 1. The number of nitrogens with one attached hydrogen (secondary N) is 3. The summed E-state index contributed by atoms with van der Waals surface area (Å²) in [6.07, 6.45) is -3.04. The zero-order chi connectivity index (χ0) is 25.8. The van der Waals surface area contributed by atoms with Gasteiger partial charge in [-0.05, 0) is 73.0 Å². The van der Waals surface area contributed by atoms with Gasteiger partial charge < -0.3 is 16.0 Å². The zero-order valence-corrected chi connectivity index (χ0v) is 20.0. The van der Waals surface area contributed by atoms with Crippen molar-refractivity contribution >= 4 is 23.3 Å². The van der Waals surface area contributed by atoms with Gasteiger partial charge in [0, 0.05) is 17.6 Å². The van der Waals surface area contributed by atoms with Crippen LogP contribution in [0.25, 0.3) is 11.1 Å². The lowest BCUT2D eigenvalue weighted by Crippen LogP contribution is -2.48. The number of piperidine rings is 1. The number of halogens is 4. The molecule has 3 N–H and O–H groups in total. The molecule has 3 aromatic rings. The highest BCUT2D eigenvalue weighted by Gasteiger charge is 2.35. The minimum absolute atomic E-state index is 0.00698. The third kappa shape index (κ3) is 5.81. The first kappa shape index (κ1) is 25.5. The van der Waals surface area contributed by atoms with Crippen molar-refractivity contribution in [2.75, 3.05) is 25.0 Å². The van der Waals surface area contributed by atoms with Crippen molar-refractivity contribution < 1.29 is 18.0 Å². The van der Waals surface area contributed by atoms with Gasteiger partial charge in [0.05, 0.1) is 22.2 Å². The summed E-state index contributed by atoms with van der Waals surface area (Å²) in [6.45, 7) is 1.88. The molecule has 2 amide bonds. The molecule has 0 saturated carbocycles. The van der Waals surface area contributed by atoms with Crippen LogP contribution in [0.3, 0.4) is 0 Å². The van der Waals surface area contributed by atoms with E-state index in [0.29, 0.717) is 12.1 Å². The molecular formula is C27H24ClF3N4O. The maximum Gasteiger partial charge on any atom is 0.417 e. The van der Waals surface area contributed by atoms with Crippen LogP contribution >= 0.6 is 11.6 Å². The number of amides is 2. The summed E-state index contributed by atoms with van der Waals surface area (Å²) in [7, 11) is 0. The van der Waals surface area contributed by atoms with Gasteiger partial charge in [-0.25, -0.2) is 4.79 Å². The number of hydrogen-bond acceptors (Lipinski definition) is 3. The van der Waals surface area contributed by atoms with Crippen molar-refractivity contribution in [2.45, 2.75) is 24.4 Å². The number of carbonyl (C=O) groups excluding carboxylic acids is 1. The van der Waals surface area contributed by atoms with E-state index in [9.17, 15) is 18.0 Å². The molecule has 5 nitrogen and oxygen atoms in total. The Labute approximate surface area is 212 Å². The average Bonchev–Trinajstić information content (AvgIpc) is 2.88. The minimum atomic E-state index is -4.62. The summed E-state index contributed by atoms with van der Waals surface area (Å²) in [5.41, 5.74) is 2.25. The third-order valence-electron chi connectivity index (χ3n) is 6.50. The Balaban J connectivity index is 1.49. The van der Waals surface area contributed by atoms with Crippen LogP contribution in [-0.2, 0) is 11.6 Å². The Bertz CT molecular complexity index is 1280. The topological polar surface area (TPSA) is 77.0 Å². The van der Waals surface area contributed by atoms with Crippen LogP contribution in [0.1, 0.15) is 29.5 Å². The van der Waals surface area contributed by atoms with Crippen molar-refractivity contribution in [3.63, 3.8) is 0 Å². The molecule has 0 atom stereocenters. The molecule has 3 aromatic carbocycles. The van der Waals surface area contributed by atoms with E-state index < -0.39 is 22.8 Å². The van der Waals surface area contributed by atoms with E-state index in [1.807, 2.05) is 42.5 Å². The van der Waals surface area contributed by atoms with Gasteiger partial charge in [-0.1, -0.05) is 48.0 Å². The first-order chi connectivity index (χ1) is 17.2. The fraction of sp³-hybridized carbons (Fsp3) is 0.259. The molecule has 1 aliphatic rings. The second-order valence-corrected chi connectivity index (χ2v) is 9.21. The van der Waals surface area contributed by atoms with Gasteiger partial charge in [0.25, 0.3) is 0 Å². The SMILES string of the molecule is N#Cc1cccc(-c2ccc(C3(CNC(=O)Nc4ccc(Cl)c(C(F)(F)F)c4)CCNCC3)cc2)c1. The Morgan fingerprint density at radius 1 is 1.03 bits per heavy atom. The number of nitriles is 1. The average molecular weight is 513 g/mol. The number of benzene rings is 3. The van der Waals surface area contributed by atoms with E-state index in [1.54, 1.807) is 6.07 Å². The van der Waals surface area contributed by atoms with Crippen LogP contribution in [-0.4, -0.2) is 25.7 Å². The standard InChI is InChI=1S/C27H24ClF3N4O/c28-24-9-8-22(15-23(24)27(29,30)31)35-25(36)34-17-26(10-12-33-13-11-26)21-6-4-19(5-7-21)20-3-1-2-18(14-20)16-32/h1-9,14-15,33H,10-13,17H2,(H2,34,35,36). The van der Waals surface area contributed by atoms with Crippen LogP contribution in [0.2, 0.25) is 5.02 Å². The first-order valence-corrected chi connectivity index (χ1v) is 11.8. The number of alkyl halides is 3. The number of rotatable bonds is 5. The smallest absolute Gasteiger partial charge is 0.337 e. The molecule has 4 rings (SSSR count). The Morgan fingerprint density at radius 3 is 2.42 bits per heavy atom. The second-order valence-electron chi connectivity index (χ2n) is 8.80. The van der Waals surface area contributed by atoms with Crippen molar-refractivity contribution in [3.8, 4) is 17.2 Å². The maximum absolute atomic E-state index is 13.1. The lowest BCUT2D eigenvalue weighted by Gasteiger charge is -2.38. The highest BCUT2D eigenvalue weighted by atomic mass is 35.5. The molecule has 36 heavy (non-hydrogen) atoms. The van der Waals surface area contributed by atoms with Crippen LogP contribution < -0.4 is 16.0 Å². The Kier molecular flexibility index (Phi) is 7.53. The van der Waals surface area contributed by atoms with Crippen LogP contribution in [0.5, 0.6) is 0 Å². The highest BCUT2D eigenvalue weighted by molar-refractivity contribution is 6.31. The fourth-order valence-corrected chi connectivity index (χ4v) is 4.73. The zero-order valence-electron chi connectivity index (χ0n) is 19.3. The molecule has 0 spiro atoms. The molecule has 0 unspecified atom stereocenters. The Hall–Kier alpha value is -3.54. The summed E-state index contributed by atoms with van der Waals surface area (Å²) < 4.78 is 39.4. The van der Waals surface area contributed by atoms with Crippen molar-refractivity contribution in [1.29, 1.82) is 5.26 Å². The van der Waals surface area contributed by atoms with Gasteiger partial charge in [0.1, 0.15) is 0 Å². The molecule has 9 heteroatoms. The number of nitrogens with zero attached hydrogens (tertiary/aromatic N) is 1. The van der Waals surface area contributed by atoms with E-state index in [1.165, 1.54) is 6.07 Å². The first-order valence-electron chi connectivity index (χ1n) is 11.4. The van der Waals surface area contributed by atoms with E-state index in [2.05, 4.69) is 22.0 Å². The number of urea groups is 1. The highest BCUT2D eigenvalue weighted by Crippen LogP contribution is 2.37. The third-order valence-corrected chi connectivity index (χ3v) is 6.83. The summed E-state index contributed by atoms with van der Waals surface area (Å²) in [6, 6.07) is 20.3. The lowest BCUT2D eigenvalue weighted by atomic mass is 9.73. The van der Waals surface area contributed by atoms with Gasteiger partial charge >= 0.3 is 12.2 Å². The molecule has 186 valence electrons. The molecule has 1 heterocycles. The summed E-state index contributed by atoms with van der Waals surface area (Å²) in [4.78, 5) is 12.6. The fourth-order valence-electron chi connectivity index (χ4n) is 4.50. The molecule has 1 aliphatic heterocycles. The number of carbonyl (C=O) groups is 1. The van der Waals surface area contributed by atoms with Crippen molar-refractivity contribution in [2.24, 2.45) is 0 Å². The monoisotopic (exact) mass is 512 g/mol. The molecule has 0 bridgehead atoms. The normalized spacial score (nSPS) is 15.1. The van der Waals surface area contributed by atoms with Gasteiger partial charge in [-0.2, -0.15) is 18.4 Å². The summed E-state index contributed by atoms with van der Waals surface area (Å²) >= 11 is 5.66. The van der Waals surface area contributed by atoms with Crippen LogP contribution in [0.15, 0.2) is 66.7 Å². The van der Waals surface area contributed by atoms with Crippen molar-refractivity contribution in [3.05, 3.63) is 88.4 Å². The van der Waals surface area contributed by atoms with E-state index in [-0.39, 0.29) is 11.1 Å². The molecule has 1 fully saturated rings. The van der Waals surface area contributed by atoms with E-state index in [0.717, 1.165) is 54.8 Å². The second kappa shape index (κ2) is 10.6. The largest absolute Gasteiger partial charge is 0.417 e. The van der Waals surface area contributed by atoms with Gasteiger partial charge in [-0.3, -0.25) is 0 Å². The summed E-state index contributed by atoms with van der Waals surface area (Å²) in [5, 5.41) is 17.4. The predicted molar refractivity (Wildman–Crippen MR) is 134 cm³/mol.